The highest BCUT2D eigenvalue weighted by atomic mass is 32.2. The van der Waals surface area contributed by atoms with Crippen LogP contribution in [0.25, 0.3) is 33.4 Å². The predicted molar refractivity (Wildman–Crippen MR) is 167 cm³/mol. The van der Waals surface area contributed by atoms with Crippen LogP contribution in [-0.4, -0.2) is 76.4 Å². The molecule has 1 N–H and O–H groups in total. The monoisotopic (exact) mass is 584 g/mol. The predicted octanol–water partition coefficient (Wildman–Crippen LogP) is 5.53. The van der Waals surface area contributed by atoms with E-state index >= 15 is 0 Å². The molecule has 3 aliphatic rings. The molecule has 2 aromatic heterocycles. The van der Waals surface area contributed by atoms with Gasteiger partial charge in [0.05, 0.1) is 21.7 Å². The van der Waals surface area contributed by atoms with E-state index in [4.69, 9.17) is 4.98 Å². The van der Waals surface area contributed by atoms with Crippen molar-refractivity contribution < 1.29 is 13.5 Å². The second-order valence-electron chi connectivity index (χ2n) is 13.3. The van der Waals surface area contributed by atoms with Crippen LogP contribution in [0.4, 0.5) is 0 Å². The number of benzene rings is 2. The molecule has 2 unspecified atom stereocenters. The van der Waals surface area contributed by atoms with Gasteiger partial charge < -0.3 is 9.67 Å². The van der Waals surface area contributed by atoms with Gasteiger partial charge in [-0.3, -0.25) is 14.8 Å². The summed E-state index contributed by atoms with van der Waals surface area (Å²) in [6.07, 6.45) is 7.99. The van der Waals surface area contributed by atoms with E-state index in [0.717, 1.165) is 66.9 Å². The fraction of sp³-hybridized carbons (Fsp3) is 0.441. The zero-order valence-corrected chi connectivity index (χ0v) is 25.5. The number of nitrogens with zero attached hydrogens (tertiary/aromatic N) is 4. The number of likely N-dealkylation sites (tertiary alicyclic amines) is 1. The maximum absolute atomic E-state index is 12.0. The van der Waals surface area contributed by atoms with Gasteiger partial charge >= 0.3 is 0 Å². The summed E-state index contributed by atoms with van der Waals surface area (Å²) >= 11 is 0. The summed E-state index contributed by atoms with van der Waals surface area (Å²) in [6.45, 7) is 7.57. The lowest BCUT2D eigenvalue weighted by atomic mass is 10.0. The first-order valence-electron chi connectivity index (χ1n) is 15.1. The Kier molecular flexibility index (Phi) is 6.81. The van der Waals surface area contributed by atoms with Crippen LogP contribution in [0.3, 0.4) is 0 Å². The van der Waals surface area contributed by atoms with Crippen molar-refractivity contribution in [3.05, 3.63) is 72.4 Å². The summed E-state index contributed by atoms with van der Waals surface area (Å²) in [6, 6.07) is 22.1. The average molecular weight is 585 g/mol. The standard InChI is InChI=1S/C34H40N4O3S/c1-34(2,39)22-36-20-28-12-13-29(21-36)37(28)19-23-4-6-24(7-5-23)31-17-33-26(18-35-31)16-32(38(33)27-10-11-27)25-8-14-30(15-9-25)42(3,40)41/h4-9,14-18,27-29,39H,10-13,19-22H2,1-3H3. The molecule has 0 spiro atoms. The van der Waals surface area contributed by atoms with Crippen molar-refractivity contribution in [2.45, 2.75) is 74.7 Å². The fourth-order valence-corrected chi connectivity index (χ4v) is 7.74. The number of sulfone groups is 1. The van der Waals surface area contributed by atoms with Crippen molar-refractivity contribution in [2.24, 2.45) is 0 Å². The van der Waals surface area contributed by atoms with E-state index in [1.807, 2.05) is 32.2 Å². The molecule has 220 valence electrons. The Bertz CT molecular complexity index is 1700. The summed E-state index contributed by atoms with van der Waals surface area (Å²) < 4.78 is 26.3. The summed E-state index contributed by atoms with van der Waals surface area (Å²) in [5, 5.41) is 11.4. The Hall–Kier alpha value is -3.04. The van der Waals surface area contributed by atoms with Gasteiger partial charge in [0.1, 0.15) is 0 Å². The molecule has 4 heterocycles. The molecule has 7 rings (SSSR count). The minimum absolute atomic E-state index is 0.341. The number of pyridine rings is 1. The zero-order chi connectivity index (χ0) is 29.2. The Labute approximate surface area is 248 Å². The van der Waals surface area contributed by atoms with Crippen LogP contribution < -0.4 is 0 Å². The van der Waals surface area contributed by atoms with Gasteiger partial charge in [0, 0.05) is 73.4 Å². The summed E-state index contributed by atoms with van der Waals surface area (Å²) in [5.41, 5.74) is 6.06. The zero-order valence-electron chi connectivity index (χ0n) is 24.7. The lowest BCUT2D eigenvalue weighted by Gasteiger charge is -2.42. The van der Waals surface area contributed by atoms with Crippen LogP contribution in [0, 0.1) is 0 Å². The third kappa shape index (κ3) is 5.53. The number of aromatic nitrogens is 2. The molecule has 0 radical (unpaired) electrons. The number of aliphatic hydroxyl groups is 1. The van der Waals surface area contributed by atoms with Gasteiger partial charge in [-0.05, 0) is 74.9 Å². The van der Waals surface area contributed by atoms with E-state index in [2.05, 4.69) is 50.8 Å². The highest BCUT2D eigenvalue weighted by molar-refractivity contribution is 7.90. The van der Waals surface area contributed by atoms with Crippen molar-refractivity contribution in [3.8, 4) is 22.5 Å². The normalized spacial score (nSPS) is 21.8. The number of hydrogen-bond donors (Lipinski definition) is 1. The molecule has 0 amide bonds. The van der Waals surface area contributed by atoms with Gasteiger partial charge in [0.25, 0.3) is 0 Å². The number of β-amino-alcohol motifs (C(OH)–C–C–N with tert-alkyl or cyclic N) is 1. The van der Waals surface area contributed by atoms with Crippen LogP contribution >= 0.6 is 0 Å². The molecule has 2 saturated heterocycles. The number of rotatable bonds is 8. The van der Waals surface area contributed by atoms with Gasteiger partial charge in [-0.2, -0.15) is 0 Å². The lowest BCUT2D eigenvalue weighted by molar-refractivity contribution is -0.00499. The quantitative estimate of drug-likeness (QED) is 0.294. The first kappa shape index (κ1) is 27.8. The Balaban J connectivity index is 1.11. The van der Waals surface area contributed by atoms with Crippen LogP contribution in [0.5, 0.6) is 0 Å². The maximum atomic E-state index is 12.0. The van der Waals surface area contributed by atoms with Crippen molar-refractivity contribution in [2.75, 3.05) is 25.9 Å². The van der Waals surface area contributed by atoms with Gasteiger partial charge in [0.2, 0.25) is 0 Å². The van der Waals surface area contributed by atoms with Crippen molar-refractivity contribution in [3.63, 3.8) is 0 Å². The smallest absolute Gasteiger partial charge is 0.175 e. The van der Waals surface area contributed by atoms with Gasteiger partial charge in [-0.1, -0.05) is 36.4 Å². The van der Waals surface area contributed by atoms with Crippen LogP contribution in [0.1, 0.15) is 51.1 Å². The second kappa shape index (κ2) is 10.3. The second-order valence-corrected chi connectivity index (χ2v) is 15.3. The molecule has 2 aliphatic heterocycles. The van der Waals surface area contributed by atoms with E-state index in [0.29, 0.717) is 23.0 Å². The first-order valence-corrected chi connectivity index (χ1v) is 17.0. The topological polar surface area (TPSA) is 78.7 Å². The number of piperazine rings is 1. The molecule has 42 heavy (non-hydrogen) atoms. The molecule has 1 aliphatic carbocycles. The van der Waals surface area contributed by atoms with E-state index in [9.17, 15) is 13.5 Å². The van der Waals surface area contributed by atoms with E-state index in [1.54, 1.807) is 12.1 Å². The summed E-state index contributed by atoms with van der Waals surface area (Å²) in [7, 11) is -3.23. The van der Waals surface area contributed by atoms with Crippen molar-refractivity contribution >= 4 is 20.7 Å². The Morgan fingerprint density at radius 1 is 0.881 bits per heavy atom. The van der Waals surface area contributed by atoms with Gasteiger partial charge in [-0.15, -0.1) is 0 Å². The minimum atomic E-state index is -3.23. The molecule has 1 saturated carbocycles. The van der Waals surface area contributed by atoms with Crippen molar-refractivity contribution in [1.82, 2.24) is 19.4 Å². The highest BCUT2D eigenvalue weighted by Gasteiger charge is 2.40. The van der Waals surface area contributed by atoms with E-state index in [-0.39, 0.29) is 0 Å². The maximum Gasteiger partial charge on any atom is 0.175 e. The average Bonchev–Trinajstić information content (AvgIpc) is 3.66. The summed E-state index contributed by atoms with van der Waals surface area (Å²) in [4.78, 5) is 10.3. The molecule has 8 heteroatoms. The SMILES string of the molecule is CC(C)(O)CN1CC2CCC(C1)N2Cc1ccc(-c2cc3c(cn2)cc(-c2ccc(S(C)(=O)=O)cc2)n3C2CC2)cc1. The first-order chi connectivity index (χ1) is 20.0. The molecule has 2 aromatic carbocycles. The number of fused-ring (bicyclic) bond motifs is 3. The fourth-order valence-electron chi connectivity index (χ4n) is 7.10. The van der Waals surface area contributed by atoms with Crippen LogP contribution in [0.15, 0.2) is 71.8 Å². The van der Waals surface area contributed by atoms with Crippen LogP contribution in [-0.2, 0) is 16.4 Å². The molecular formula is C34H40N4O3S. The van der Waals surface area contributed by atoms with Gasteiger partial charge in [0.15, 0.2) is 9.84 Å². The van der Waals surface area contributed by atoms with Crippen LogP contribution in [0.2, 0.25) is 0 Å². The molecule has 3 fully saturated rings. The molecule has 2 bridgehead atoms. The van der Waals surface area contributed by atoms with Gasteiger partial charge in [-0.25, -0.2) is 8.42 Å². The summed E-state index contributed by atoms with van der Waals surface area (Å²) in [5.74, 6) is 0. The molecule has 7 nitrogen and oxygen atoms in total. The molecule has 2 atom stereocenters. The third-order valence-corrected chi connectivity index (χ3v) is 10.3. The van der Waals surface area contributed by atoms with E-state index in [1.165, 1.54) is 30.2 Å². The molecule has 4 aromatic rings. The minimum Gasteiger partial charge on any atom is -0.389 e. The number of hydrogen-bond acceptors (Lipinski definition) is 6. The Morgan fingerprint density at radius 2 is 1.50 bits per heavy atom. The largest absolute Gasteiger partial charge is 0.389 e. The van der Waals surface area contributed by atoms with E-state index < -0.39 is 15.4 Å². The lowest BCUT2D eigenvalue weighted by Crippen LogP contribution is -2.55. The third-order valence-electron chi connectivity index (χ3n) is 9.15. The molecular weight excluding hydrogens is 544 g/mol. The Morgan fingerprint density at radius 3 is 2.10 bits per heavy atom. The van der Waals surface area contributed by atoms with Crippen molar-refractivity contribution in [1.29, 1.82) is 0 Å². The highest BCUT2D eigenvalue weighted by Crippen LogP contribution is 2.43.